The second-order valence-corrected chi connectivity index (χ2v) is 7.40. The van der Waals surface area contributed by atoms with Crippen LogP contribution >= 0.6 is 0 Å². The van der Waals surface area contributed by atoms with Gasteiger partial charge in [0.15, 0.2) is 0 Å². The first-order chi connectivity index (χ1) is 10.6. The van der Waals surface area contributed by atoms with Crippen molar-refractivity contribution in [2.24, 2.45) is 17.3 Å². The van der Waals surface area contributed by atoms with E-state index in [0.29, 0.717) is 25.4 Å². The topological polar surface area (TPSA) is 78.9 Å². The number of carbonyl (C=O) groups is 2. The highest BCUT2D eigenvalue weighted by Crippen LogP contribution is 2.58. The van der Waals surface area contributed by atoms with Gasteiger partial charge in [-0.05, 0) is 18.8 Å². The molecule has 4 fully saturated rings. The zero-order chi connectivity index (χ0) is 15.1. The number of aliphatic carboxylic acids is 1. The minimum Gasteiger partial charge on any atom is -0.481 e. The van der Waals surface area contributed by atoms with Crippen LogP contribution in [0.25, 0.3) is 0 Å². The monoisotopic (exact) mass is 304 g/mol. The summed E-state index contributed by atoms with van der Waals surface area (Å²) >= 11 is 0. The summed E-state index contributed by atoms with van der Waals surface area (Å²) in [6.07, 6.45) is 3.92. The molecule has 0 aromatic heterocycles. The zero-order valence-corrected chi connectivity index (χ0v) is 12.3. The lowest BCUT2D eigenvalue weighted by atomic mass is 9.54. The minimum atomic E-state index is -0.839. The Labute approximate surface area is 128 Å². The number of carboxylic acids is 1. The molecule has 1 amide bonds. The number of hydrogen-bond donors (Lipinski definition) is 2. The Kier molecular flexibility index (Phi) is 2.45. The van der Waals surface area contributed by atoms with Gasteiger partial charge in [0, 0.05) is 25.0 Å². The molecule has 4 heterocycles. The third-order valence-electron chi connectivity index (χ3n) is 6.78. The van der Waals surface area contributed by atoms with Crippen molar-refractivity contribution in [3.05, 3.63) is 11.6 Å². The van der Waals surface area contributed by atoms with E-state index in [4.69, 9.17) is 4.74 Å². The van der Waals surface area contributed by atoms with Gasteiger partial charge in [-0.3, -0.25) is 14.5 Å². The van der Waals surface area contributed by atoms with Crippen LogP contribution in [-0.4, -0.2) is 59.8 Å². The van der Waals surface area contributed by atoms with Crippen molar-refractivity contribution in [2.75, 3.05) is 19.7 Å². The molecule has 0 aromatic rings. The summed E-state index contributed by atoms with van der Waals surface area (Å²) in [5.41, 5.74) is 0.556. The van der Waals surface area contributed by atoms with Crippen LogP contribution in [0, 0.1) is 17.3 Å². The maximum Gasteiger partial charge on any atom is 0.313 e. The molecule has 6 atom stereocenters. The fraction of sp³-hybridized carbons (Fsp3) is 0.750. The van der Waals surface area contributed by atoms with Gasteiger partial charge in [-0.25, -0.2) is 0 Å². The van der Waals surface area contributed by atoms with Crippen molar-refractivity contribution in [1.29, 1.82) is 0 Å². The predicted molar refractivity (Wildman–Crippen MR) is 76.0 cm³/mol. The Morgan fingerprint density at radius 3 is 3.18 bits per heavy atom. The van der Waals surface area contributed by atoms with Gasteiger partial charge in [0.1, 0.15) is 5.41 Å². The van der Waals surface area contributed by atoms with Crippen molar-refractivity contribution in [2.45, 2.75) is 37.5 Å². The lowest BCUT2D eigenvalue weighted by Crippen LogP contribution is -2.71. The molecule has 22 heavy (non-hydrogen) atoms. The van der Waals surface area contributed by atoms with Gasteiger partial charge >= 0.3 is 5.97 Å². The van der Waals surface area contributed by atoms with Crippen LogP contribution in [0.15, 0.2) is 11.6 Å². The summed E-state index contributed by atoms with van der Waals surface area (Å²) in [5, 5.41) is 13.1. The summed E-state index contributed by atoms with van der Waals surface area (Å²) in [4.78, 5) is 26.7. The largest absolute Gasteiger partial charge is 0.481 e. The van der Waals surface area contributed by atoms with Crippen molar-refractivity contribution in [3.63, 3.8) is 0 Å². The Bertz CT molecular complexity index is 603. The Morgan fingerprint density at radius 2 is 2.36 bits per heavy atom. The molecule has 2 bridgehead atoms. The molecule has 0 unspecified atom stereocenters. The second-order valence-electron chi connectivity index (χ2n) is 7.40. The average Bonchev–Trinajstić information content (AvgIpc) is 2.79. The number of amides is 1. The number of hydrogen-bond acceptors (Lipinski definition) is 4. The molecule has 6 nitrogen and oxygen atoms in total. The average molecular weight is 304 g/mol. The van der Waals surface area contributed by atoms with Gasteiger partial charge < -0.3 is 15.2 Å². The maximum atomic E-state index is 12.3. The SMILES string of the molecule is O=C1C[C@H]2OCC=C3CN4CC[C@@]5(C(=O)O)[C@H](N1)[C@H]2[C@H]3C[C@H]45. The van der Waals surface area contributed by atoms with Gasteiger partial charge in [0.2, 0.25) is 5.91 Å². The molecule has 4 aliphatic heterocycles. The number of carbonyl (C=O) groups excluding carboxylic acids is 1. The maximum absolute atomic E-state index is 12.3. The molecule has 1 saturated carbocycles. The number of rotatable bonds is 1. The van der Waals surface area contributed by atoms with E-state index in [-0.39, 0.29) is 30.0 Å². The Hall–Kier alpha value is -1.40. The fourth-order valence-corrected chi connectivity index (χ4v) is 5.91. The van der Waals surface area contributed by atoms with Crippen LogP contribution in [0.5, 0.6) is 0 Å². The molecule has 6 heteroatoms. The standard InChI is InChI=1S/C16H20N2O4/c19-12-6-10-13-9-5-11-16(15(20)21,14(13)17-12)2-3-18(11)7-8(9)1-4-22-10/h1,9-11,13-14H,2-7H2,(H,17,19)(H,20,21)/t9-,10+,11-,13-,14+,16-/m0/s1. The number of ether oxygens (including phenoxy) is 1. The first-order valence-corrected chi connectivity index (χ1v) is 8.18. The van der Waals surface area contributed by atoms with Gasteiger partial charge in [-0.2, -0.15) is 0 Å². The van der Waals surface area contributed by atoms with Crippen LogP contribution < -0.4 is 5.32 Å². The van der Waals surface area contributed by atoms with E-state index in [2.05, 4.69) is 16.3 Å². The first-order valence-electron chi connectivity index (χ1n) is 8.18. The van der Waals surface area contributed by atoms with Crippen LogP contribution in [0.1, 0.15) is 19.3 Å². The highest BCUT2D eigenvalue weighted by Gasteiger charge is 2.68. The van der Waals surface area contributed by atoms with E-state index in [1.54, 1.807) is 0 Å². The molecule has 2 N–H and O–H groups in total. The number of fused-ring (bicyclic) bond motifs is 1. The van der Waals surface area contributed by atoms with Gasteiger partial charge in [-0.1, -0.05) is 11.6 Å². The van der Waals surface area contributed by atoms with Crippen molar-refractivity contribution < 1.29 is 19.4 Å². The lowest BCUT2D eigenvalue weighted by Gasteiger charge is -2.57. The number of piperidine rings is 2. The molecule has 5 aliphatic rings. The number of nitrogens with zero attached hydrogens (tertiary/aromatic N) is 1. The van der Waals surface area contributed by atoms with Crippen molar-refractivity contribution in [3.8, 4) is 0 Å². The number of carboxylic acid groups (broad SMARTS) is 1. The predicted octanol–water partition coefficient (Wildman–Crippen LogP) is -0.00490. The zero-order valence-electron chi connectivity index (χ0n) is 12.3. The van der Waals surface area contributed by atoms with Crippen molar-refractivity contribution >= 4 is 11.9 Å². The van der Waals surface area contributed by atoms with Crippen LogP contribution in [-0.2, 0) is 14.3 Å². The third kappa shape index (κ3) is 1.38. The summed E-state index contributed by atoms with van der Waals surface area (Å²) in [6, 6.07) is -0.252. The molecule has 0 aromatic carbocycles. The van der Waals surface area contributed by atoms with Gasteiger partial charge in [-0.15, -0.1) is 0 Å². The van der Waals surface area contributed by atoms with Crippen LogP contribution in [0.4, 0.5) is 0 Å². The molecular formula is C16H20N2O4. The molecular weight excluding hydrogens is 284 g/mol. The molecule has 1 aliphatic carbocycles. The Balaban J connectivity index is 1.70. The van der Waals surface area contributed by atoms with Crippen LogP contribution in [0.3, 0.4) is 0 Å². The third-order valence-corrected chi connectivity index (χ3v) is 6.78. The van der Waals surface area contributed by atoms with Gasteiger partial charge in [0.05, 0.1) is 25.2 Å². The Morgan fingerprint density at radius 1 is 1.50 bits per heavy atom. The molecule has 5 rings (SSSR count). The van der Waals surface area contributed by atoms with Crippen LogP contribution in [0.2, 0.25) is 0 Å². The summed E-state index contributed by atoms with van der Waals surface area (Å²) < 4.78 is 5.95. The van der Waals surface area contributed by atoms with E-state index < -0.39 is 11.4 Å². The fourth-order valence-electron chi connectivity index (χ4n) is 5.91. The van der Waals surface area contributed by atoms with E-state index in [1.165, 1.54) is 5.57 Å². The summed E-state index contributed by atoms with van der Waals surface area (Å²) in [5.74, 6) is -0.334. The molecule has 0 spiro atoms. The van der Waals surface area contributed by atoms with E-state index >= 15 is 0 Å². The lowest BCUT2D eigenvalue weighted by molar-refractivity contribution is -0.168. The normalized spacial score (nSPS) is 49.2. The van der Waals surface area contributed by atoms with E-state index in [0.717, 1.165) is 19.5 Å². The second kappa shape index (κ2) is 4.11. The molecule has 3 saturated heterocycles. The number of nitrogens with one attached hydrogen (secondary N) is 1. The first kappa shape index (κ1) is 13.1. The minimum absolute atomic E-state index is 0.0468. The van der Waals surface area contributed by atoms with E-state index in [1.807, 2.05) is 0 Å². The smallest absolute Gasteiger partial charge is 0.313 e. The summed E-state index contributed by atoms with van der Waals surface area (Å²) in [7, 11) is 0. The summed E-state index contributed by atoms with van der Waals surface area (Å²) in [6.45, 7) is 2.23. The van der Waals surface area contributed by atoms with Crippen molar-refractivity contribution in [1.82, 2.24) is 10.2 Å². The van der Waals surface area contributed by atoms with E-state index in [9.17, 15) is 14.7 Å². The quantitative estimate of drug-likeness (QED) is 0.667. The highest BCUT2D eigenvalue weighted by atomic mass is 16.5. The molecule has 0 radical (unpaired) electrons. The van der Waals surface area contributed by atoms with Gasteiger partial charge in [0.25, 0.3) is 0 Å². The molecule has 118 valence electrons. The highest BCUT2D eigenvalue weighted by molar-refractivity contribution is 5.83.